The summed E-state index contributed by atoms with van der Waals surface area (Å²) in [5.74, 6) is 0. The van der Waals surface area contributed by atoms with Crippen LogP contribution in [-0.4, -0.2) is 66.9 Å². The summed E-state index contributed by atoms with van der Waals surface area (Å²) >= 11 is 1.65. The van der Waals surface area contributed by atoms with Crippen molar-refractivity contribution in [3.63, 3.8) is 0 Å². The summed E-state index contributed by atoms with van der Waals surface area (Å²) in [6.45, 7) is 2.80. The molecule has 0 saturated carbocycles. The van der Waals surface area contributed by atoms with Gasteiger partial charge in [0.25, 0.3) is 10.1 Å². The van der Waals surface area contributed by atoms with Gasteiger partial charge in [-0.15, -0.1) is 0 Å². The Morgan fingerprint density at radius 3 is 2.53 bits per heavy atom. The molecule has 0 unspecified atom stereocenters. The summed E-state index contributed by atoms with van der Waals surface area (Å²) in [6, 6.07) is 0. The zero-order valence-electron chi connectivity index (χ0n) is 8.75. The van der Waals surface area contributed by atoms with E-state index >= 15 is 0 Å². The predicted octanol–water partition coefficient (Wildman–Crippen LogP) is -0.483. The number of rotatable bonds is 2. The minimum atomic E-state index is -3.67. The summed E-state index contributed by atoms with van der Waals surface area (Å²) in [4.78, 5) is 6.35. The van der Waals surface area contributed by atoms with E-state index in [-0.39, 0.29) is 6.61 Å². The molecule has 1 heterocycles. The number of β-amino-alcohol motifs (C(OH)–C–C–N with tert-alkyl or cyclic N) is 1. The van der Waals surface area contributed by atoms with Crippen LogP contribution in [0.4, 0.5) is 0 Å². The van der Waals surface area contributed by atoms with Crippen LogP contribution in [0.1, 0.15) is 0 Å². The van der Waals surface area contributed by atoms with Crippen molar-refractivity contribution < 1.29 is 18.1 Å². The van der Waals surface area contributed by atoms with Crippen LogP contribution in [-0.2, 0) is 10.1 Å². The van der Waals surface area contributed by atoms with Gasteiger partial charge in [0.05, 0.1) is 19.4 Å². The Morgan fingerprint density at radius 1 is 1.60 bits per heavy atom. The number of hydrogen-bond donors (Lipinski definition) is 2. The van der Waals surface area contributed by atoms with Crippen LogP contribution in [0.25, 0.3) is 0 Å². The molecular weight excluding hydrogens is 240 g/mol. The Labute approximate surface area is 94.1 Å². The van der Waals surface area contributed by atoms with E-state index in [1.54, 1.807) is 11.8 Å². The average molecular weight is 256 g/mol. The number of hydrogen-bond acceptors (Lipinski definition) is 6. The van der Waals surface area contributed by atoms with Gasteiger partial charge in [0.1, 0.15) is 0 Å². The van der Waals surface area contributed by atoms with Gasteiger partial charge in [0.15, 0.2) is 5.17 Å². The molecule has 0 aromatic heterocycles. The third kappa shape index (κ3) is 8.67. The first-order chi connectivity index (χ1) is 6.88. The number of aliphatic hydroxyl groups is 1. The molecule has 6 nitrogen and oxygen atoms in total. The number of nitrogens with zero attached hydrogens (tertiary/aromatic N) is 2. The maximum atomic E-state index is 9.19. The Morgan fingerprint density at radius 2 is 2.13 bits per heavy atom. The highest BCUT2D eigenvalue weighted by Gasteiger charge is 2.13. The van der Waals surface area contributed by atoms with Crippen LogP contribution >= 0.6 is 11.8 Å². The van der Waals surface area contributed by atoms with Crippen molar-refractivity contribution in [2.45, 2.75) is 0 Å². The van der Waals surface area contributed by atoms with Crippen molar-refractivity contribution in [3.05, 3.63) is 0 Å². The minimum Gasteiger partial charge on any atom is -0.395 e. The standard InChI is InChI=1S/C6H12N2OS.CH4O3S/c1-10-6-7-2-3-8(6)4-5-9;1-5(2,3)4/h9H,2-5H2,1H3;1H3,(H,2,3,4). The lowest BCUT2D eigenvalue weighted by atomic mass is 10.5. The first kappa shape index (κ1) is 14.7. The summed E-state index contributed by atoms with van der Waals surface area (Å²) < 4.78 is 25.9. The minimum absolute atomic E-state index is 0.222. The second kappa shape index (κ2) is 7.04. The van der Waals surface area contributed by atoms with Gasteiger partial charge in [-0.25, -0.2) is 0 Å². The molecule has 0 aromatic carbocycles. The highest BCUT2D eigenvalue weighted by Crippen LogP contribution is 2.09. The Kier molecular flexibility index (Phi) is 6.90. The molecule has 1 aliphatic heterocycles. The van der Waals surface area contributed by atoms with Crippen LogP contribution in [0, 0.1) is 0 Å². The number of amidine groups is 1. The smallest absolute Gasteiger partial charge is 0.261 e. The molecule has 90 valence electrons. The van der Waals surface area contributed by atoms with E-state index in [1.165, 1.54) is 0 Å². The van der Waals surface area contributed by atoms with Crippen LogP contribution < -0.4 is 0 Å². The average Bonchev–Trinajstić information content (AvgIpc) is 2.49. The topological polar surface area (TPSA) is 90.2 Å². The summed E-state index contributed by atoms with van der Waals surface area (Å²) in [6.07, 6.45) is 2.72. The molecule has 0 aliphatic carbocycles. The molecule has 0 bridgehead atoms. The molecule has 0 spiro atoms. The SMILES string of the molecule is CS(=O)(=O)O.CSC1=NCCN1CCO. The summed E-state index contributed by atoms with van der Waals surface area (Å²) in [7, 11) is -3.67. The molecule has 2 N–H and O–H groups in total. The number of thioether (sulfide) groups is 1. The van der Waals surface area contributed by atoms with Crippen LogP contribution in [0.2, 0.25) is 0 Å². The van der Waals surface area contributed by atoms with Crippen molar-refractivity contribution >= 4 is 27.0 Å². The van der Waals surface area contributed by atoms with E-state index in [1.807, 2.05) is 6.26 Å². The van der Waals surface area contributed by atoms with Crippen LogP contribution in [0.15, 0.2) is 4.99 Å². The van der Waals surface area contributed by atoms with E-state index < -0.39 is 10.1 Å². The molecule has 1 aliphatic rings. The quantitative estimate of drug-likeness (QED) is 0.648. The highest BCUT2D eigenvalue weighted by molar-refractivity contribution is 8.13. The maximum Gasteiger partial charge on any atom is 0.261 e. The van der Waals surface area contributed by atoms with Crippen molar-refractivity contribution in [1.29, 1.82) is 0 Å². The lowest BCUT2D eigenvalue weighted by Crippen LogP contribution is -2.28. The van der Waals surface area contributed by atoms with Gasteiger partial charge >= 0.3 is 0 Å². The zero-order valence-corrected chi connectivity index (χ0v) is 10.4. The third-order valence-corrected chi connectivity index (χ3v) is 2.19. The zero-order chi connectivity index (χ0) is 11.9. The van der Waals surface area contributed by atoms with Gasteiger partial charge in [0, 0.05) is 13.1 Å². The molecule has 15 heavy (non-hydrogen) atoms. The van der Waals surface area contributed by atoms with Gasteiger partial charge in [-0.3, -0.25) is 9.55 Å². The summed E-state index contributed by atoms with van der Waals surface area (Å²) in [5, 5.41) is 9.70. The Balaban J connectivity index is 0.000000336. The largest absolute Gasteiger partial charge is 0.395 e. The van der Waals surface area contributed by atoms with E-state index in [9.17, 15) is 8.42 Å². The fourth-order valence-corrected chi connectivity index (χ4v) is 1.64. The van der Waals surface area contributed by atoms with Gasteiger partial charge < -0.3 is 10.0 Å². The fraction of sp³-hybridized carbons (Fsp3) is 0.857. The molecule has 0 radical (unpaired) electrons. The van der Waals surface area contributed by atoms with Gasteiger partial charge in [-0.1, -0.05) is 11.8 Å². The maximum absolute atomic E-state index is 9.19. The third-order valence-electron chi connectivity index (χ3n) is 1.44. The van der Waals surface area contributed by atoms with Gasteiger partial charge in [0.2, 0.25) is 0 Å². The molecule has 1 rings (SSSR count). The Bertz CT molecular complexity index is 294. The summed E-state index contributed by atoms with van der Waals surface area (Å²) in [5.41, 5.74) is 0. The molecule has 0 fully saturated rings. The molecule has 0 amide bonds. The number of aliphatic hydroxyl groups excluding tert-OH is 1. The molecule has 0 atom stereocenters. The lowest BCUT2D eigenvalue weighted by molar-refractivity contribution is 0.258. The lowest BCUT2D eigenvalue weighted by Gasteiger charge is -2.16. The normalized spacial score (nSPS) is 15.7. The molecule has 0 saturated heterocycles. The van der Waals surface area contributed by atoms with Crippen molar-refractivity contribution in [2.75, 3.05) is 38.8 Å². The second-order valence-corrected chi connectivity index (χ2v) is 5.05. The van der Waals surface area contributed by atoms with E-state index in [0.717, 1.165) is 24.8 Å². The molecule has 0 aromatic rings. The van der Waals surface area contributed by atoms with Gasteiger partial charge in [-0.05, 0) is 6.26 Å². The molecular formula is C7H16N2O4S2. The molecule has 8 heteroatoms. The fourth-order valence-electron chi connectivity index (χ4n) is 0.984. The van der Waals surface area contributed by atoms with E-state index in [4.69, 9.17) is 9.66 Å². The van der Waals surface area contributed by atoms with Crippen LogP contribution in [0.3, 0.4) is 0 Å². The van der Waals surface area contributed by atoms with E-state index in [0.29, 0.717) is 6.26 Å². The van der Waals surface area contributed by atoms with Crippen molar-refractivity contribution in [2.24, 2.45) is 4.99 Å². The van der Waals surface area contributed by atoms with Crippen molar-refractivity contribution in [1.82, 2.24) is 4.90 Å². The first-order valence-electron chi connectivity index (χ1n) is 4.25. The van der Waals surface area contributed by atoms with E-state index in [2.05, 4.69) is 9.89 Å². The monoisotopic (exact) mass is 256 g/mol. The Hall–Kier alpha value is -0.310. The van der Waals surface area contributed by atoms with Crippen LogP contribution in [0.5, 0.6) is 0 Å². The number of aliphatic imine (C=N–C) groups is 1. The second-order valence-electron chi connectivity index (χ2n) is 2.81. The first-order valence-corrected chi connectivity index (χ1v) is 7.32. The van der Waals surface area contributed by atoms with Crippen molar-refractivity contribution in [3.8, 4) is 0 Å². The predicted molar refractivity (Wildman–Crippen MR) is 61.9 cm³/mol. The highest BCUT2D eigenvalue weighted by atomic mass is 32.2. The van der Waals surface area contributed by atoms with Gasteiger partial charge in [-0.2, -0.15) is 8.42 Å².